The Morgan fingerprint density at radius 3 is 1.59 bits per heavy atom. The molecule has 11 aromatic rings. The number of hydrogen-bond acceptors (Lipinski definition) is 2. The van der Waals surface area contributed by atoms with E-state index in [1.54, 1.807) is 0 Å². The van der Waals surface area contributed by atoms with Gasteiger partial charge in [-0.3, -0.25) is 0 Å². The lowest BCUT2D eigenvalue weighted by Gasteiger charge is -2.27. The summed E-state index contributed by atoms with van der Waals surface area (Å²) < 4.78 is 6.98. The quantitative estimate of drug-likeness (QED) is 0.168. The summed E-state index contributed by atoms with van der Waals surface area (Å²) in [5, 5.41) is 11.8. The van der Waals surface area contributed by atoms with Crippen LogP contribution in [0.1, 0.15) is 0 Å². The molecule has 0 unspecified atom stereocenters. The Labute approximate surface area is 312 Å². The molecule has 0 aliphatic carbocycles. The van der Waals surface area contributed by atoms with Gasteiger partial charge in [-0.2, -0.15) is 0 Å². The molecule has 1 aromatic heterocycles. The molecule has 0 N–H and O–H groups in total. The highest BCUT2D eigenvalue weighted by Crippen LogP contribution is 2.48. The fourth-order valence-corrected chi connectivity index (χ4v) is 8.56. The molecule has 0 bridgehead atoms. The molecule has 11 rings (SSSR count). The average Bonchev–Trinajstić information content (AvgIpc) is 3.64. The zero-order valence-electron chi connectivity index (χ0n) is 29.4. The maximum absolute atomic E-state index is 6.98. The Balaban J connectivity index is 1.25. The van der Waals surface area contributed by atoms with Gasteiger partial charge >= 0.3 is 0 Å². The molecule has 54 heavy (non-hydrogen) atoms. The van der Waals surface area contributed by atoms with Crippen molar-refractivity contribution in [3.63, 3.8) is 0 Å². The monoisotopic (exact) mass is 687 g/mol. The van der Waals surface area contributed by atoms with Gasteiger partial charge in [0.25, 0.3) is 0 Å². The van der Waals surface area contributed by atoms with Gasteiger partial charge in [-0.05, 0) is 96.4 Å². The number of para-hydroxylation sites is 1. The van der Waals surface area contributed by atoms with Gasteiger partial charge in [-0.25, -0.2) is 0 Å². The normalized spacial score (nSPS) is 11.7. The first-order chi connectivity index (χ1) is 26.8. The van der Waals surface area contributed by atoms with Gasteiger partial charge in [0, 0.05) is 27.5 Å². The van der Waals surface area contributed by atoms with Gasteiger partial charge in [0.15, 0.2) is 5.58 Å². The van der Waals surface area contributed by atoms with Crippen LogP contribution in [-0.4, -0.2) is 0 Å². The van der Waals surface area contributed by atoms with Crippen LogP contribution in [0.25, 0.3) is 87.3 Å². The van der Waals surface area contributed by atoms with Crippen LogP contribution in [0.15, 0.2) is 205 Å². The van der Waals surface area contributed by atoms with Gasteiger partial charge < -0.3 is 9.32 Å². The lowest BCUT2D eigenvalue weighted by molar-refractivity contribution is 0.673. The Bertz CT molecular complexity index is 3210. The van der Waals surface area contributed by atoms with Crippen molar-refractivity contribution in [1.82, 2.24) is 0 Å². The summed E-state index contributed by atoms with van der Waals surface area (Å²) in [6, 6.07) is 72.3. The van der Waals surface area contributed by atoms with Crippen LogP contribution in [0, 0.1) is 0 Å². The van der Waals surface area contributed by atoms with E-state index < -0.39 is 0 Å². The van der Waals surface area contributed by atoms with Crippen LogP contribution < -0.4 is 4.90 Å². The maximum atomic E-state index is 6.98. The Morgan fingerprint density at radius 1 is 0.296 bits per heavy atom. The highest BCUT2D eigenvalue weighted by molar-refractivity contribution is 6.23. The van der Waals surface area contributed by atoms with Crippen LogP contribution in [0.2, 0.25) is 0 Å². The summed E-state index contributed by atoms with van der Waals surface area (Å²) >= 11 is 0. The molecule has 0 aliphatic rings. The minimum atomic E-state index is 0.865. The summed E-state index contributed by atoms with van der Waals surface area (Å²) in [5.41, 5.74) is 9.75. The number of benzene rings is 10. The molecular weight excluding hydrogens is 655 g/mol. The highest BCUT2D eigenvalue weighted by atomic mass is 16.3. The Hall–Kier alpha value is -7.16. The second-order valence-corrected chi connectivity index (χ2v) is 14.0. The van der Waals surface area contributed by atoms with E-state index in [1.165, 1.54) is 60.0 Å². The SMILES string of the molecule is c1ccc(-c2c(-c3ccccc3)c3cc(N(c4ccc5ccccc5c4)c4cccc5c4oc4c6ccccc6ccc54)ccc3c3ccccc23)cc1. The van der Waals surface area contributed by atoms with E-state index in [-0.39, 0.29) is 0 Å². The highest BCUT2D eigenvalue weighted by Gasteiger charge is 2.23. The van der Waals surface area contributed by atoms with Crippen molar-refractivity contribution in [2.45, 2.75) is 0 Å². The molecule has 252 valence electrons. The van der Waals surface area contributed by atoms with E-state index in [9.17, 15) is 0 Å². The Morgan fingerprint density at radius 2 is 0.815 bits per heavy atom. The van der Waals surface area contributed by atoms with Gasteiger partial charge in [0.05, 0.1) is 5.69 Å². The van der Waals surface area contributed by atoms with Crippen molar-refractivity contribution in [2.75, 3.05) is 4.90 Å². The van der Waals surface area contributed by atoms with Gasteiger partial charge in [-0.15, -0.1) is 0 Å². The van der Waals surface area contributed by atoms with Gasteiger partial charge in [-0.1, -0.05) is 164 Å². The fraction of sp³-hybridized carbons (Fsp3) is 0. The number of rotatable bonds is 5. The molecule has 1 heterocycles. The molecule has 0 saturated carbocycles. The molecule has 0 amide bonds. The molecule has 0 saturated heterocycles. The van der Waals surface area contributed by atoms with Crippen LogP contribution in [0.3, 0.4) is 0 Å². The fourth-order valence-electron chi connectivity index (χ4n) is 8.56. The summed E-state index contributed by atoms with van der Waals surface area (Å²) in [7, 11) is 0. The molecule has 0 spiro atoms. The summed E-state index contributed by atoms with van der Waals surface area (Å²) in [6.07, 6.45) is 0. The van der Waals surface area contributed by atoms with Crippen LogP contribution in [0.5, 0.6) is 0 Å². The molecule has 0 radical (unpaired) electrons. The van der Waals surface area contributed by atoms with Gasteiger partial charge in [0.1, 0.15) is 5.58 Å². The molecule has 0 atom stereocenters. The van der Waals surface area contributed by atoms with Crippen LogP contribution in [-0.2, 0) is 0 Å². The molecule has 0 aliphatic heterocycles. The number of fused-ring (bicyclic) bond motifs is 9. The van der Waals surface area contributed by atoms with E-state index in [4.69, 9.17) is 4.42 Å². The molecule has 0 fully saturated rings. The maximum Gasteiger partial charge on any atom is 0.159 e. The third-order valence-corrected chi connectivity index (χ3v) is 11.0. The van der Waals surface area contributed by atoms with Gasteiger partial charge in [0.2, 0.25) is 0 Å². The van der Waals surface area contributed by atoms with E-state index in [0.717, 1.165) is 44.4 Å². The first-order valence-corrected chi connectivity index (χ1v) is 18.5. The third-order valence-electron chi connectivity index (χ3n) is 11.0. The van der Waals surface area contributed by atoms with E-state index in [1.807, 2.05) is 0 Å². The second kappa shape index (κ2) is 12.2. The average molecular weight is 688 g/mol. The standard InChI is InChI=1S/C52H33NO/c1-3-16-36(17-4-1)49-44-23-12-11-22-42(44)43-31-29-40(33-47(43)50(49)37-18-5-2-6-19-37)53(39-28-26-34-14-7-8-20-38(34)32-39)48-25-13-24-45-46-30-27-35-15-9-10-21-41(35)51(46)54-52(45)48/h1-33H. The van der Waals surface area contributed by atoms with Crippen molar-refractivity contribution in [2.24, 2.45) is 0 Å². The van der Waals surface area contributed by atoms with Crippen molar-refractivity contribution in [3.05, 3.63) is 200 Å². The first-order valence-electron chi connectivity index (χ1n) is 18.5. The van der Waals surface area contributed by atoms with Crippen LogP contribution >= 0.6 is 0 Å². The van der Waals surface area contributed by atoms with E-state index in [2.05, 4.69) is 205 Å². The van der Waals surface area contributed by atoms with Crippen molar-refractivity contribution in [1.29, 1.82) is 0 Å². The molecule has 2 nitrogen and oxygen atoms in total. The zero-order chi connectivity index (χ0) is 35.6. The lowest BCUT2D eigenvalue weighted by Crippen LogP contribution is -2.10. The molecular formula is C52H33NO. The first kappa shape index (κ1) is 30.5. The smallest absolute Gasteiger partial charge is 0.159 e. The molecule has 2 heteroatoms. The summed E-state index contributed by atoms with van der Waals surface area (Å²) in [4.78, 5) is 2.38. The summed E-state index contributed by atoms with van der Waals surface area (Å²) in [6.45, 7) is 0. The lowest BCUT2D eigenvalue weighted by atomic mass is 9.85. The second-order valence-electron chi connectivity index (χ2n) is 14.0. The Kier molecular flexibility index (Phi) is 6.90. The van der Waals surface area contributed by atoms with Crippen LogP contribution in [0.4, 0.5) is 17.1 Å². The minimum absolute atomic E-state index is 0.865. The number of nitrogens with zero attached hydrogens (tertiary/aromatic N) is 1. The van der Waals surface area contributed by atoms with Crippen molar-refractivity contribution >= 4 is 82.1 Å². The van der Waals surface area contributed by atoms with Crippen molar-refractivity contribution in [3.8, 4) is 22.3 Å². The van der Waals surface area contributed by atoms with Crippen molar-refractivity contribution < 1.29 is 4.42 Å². The summed E-state index contributed by atoms with van der Waals surface area (Å²) in [5.74, 6) is 0. The van der Waals surface area contributed by atoms with E-state index >= 15 is 0 Å². The predicted molar refractivity (Wildman–Crippen MR) is 229 cm³/mol. The largest absolute Gasteiger partial charge is 0.453 e. The predicted octanol–water partition coefficient (Wildman–Crippen LogP) is 15.0. The zero-order valence-corrected chi connectivity index (χ0v) is 29.4. The molecule has 10 aromatic carbocycles. The van der Waals surface area contributed by atoms with E-state index in [0.29, 0.717) is 0 Å². The topological polar surface area (TPSA) is 16.4 Å². The number of anilines is 3. The third kappa shape index (κ3) is 4.74. The number of furan rings is 1. The minimum Gasteiger partial charge on any atom is -0.453 e. The number of hydrogen-bond donors (Lipinski definition) is 0.